The molecule has 2 aromatic rings. The number of amides is 2. The van der Waals surface area contributed by atoms with Crippen LogP contribution in [0.2, 0.25) is 0 Å². The zero-order valence-electron chi connectivity index (χ0n) is 17.1. The molecule has 154 valence electrons. The van der Waals surface area contributed by atoms with E-state index in [4.69, 9.17) is 4.74 Å². The van der Waals surface area contributed by atoms with Gasteiger partial charge in [0.1, 0.15) is 11.8 Å². The third-order valence-electron chi connectivity index (χ3n) is 4.94. The molecule has 0 spiro atoms. The van der Waals surface area contributed by atoms with E-state index in [1.54, 1.807) is 24.3 Å². The second kappa shape index (κ2) is 9.83. The third kappa shape index (κ3) is 5.32. The number of hydrogen-bond donors (Lipinski definition) is 2. The number of rotatable bonds is 7. The van der Waals surface area contributed by atoms with Crippen molar-refractivity contribution in [3.63, 3.8) is 0 Å². The first kappa shape index (κ1) is 21.2. The van der Waals surface area contributed by atoms with Gasteiger partial charge in [-0.15, -0.1) is 11.8 Å². The predicted molar refractivity (Wildman–Crippen MR) is 116 cm³/mol. The third-order valence-corrected chi connectivity index (χ3v) is 6.06. The maximum absolute atomic E-state index is 13.0. The summed E-state index contributed by atoms with van der Waals surface area (Å²) in [4.78, 5) is 26.9. The van der Waals surface area contributed by atoms with E-state index in [-0.39, 0.29) is 23.8 Å². The van der Waals surface area contributed by atoms with Crippen LogP contribution in [0.5, 0.6) is 5.75 Å². The second-order valence-electron chi connectivity index (χ2n) is 7.39. The number of fused-ring (bicyclic) bond motifs is 1. The summed E-state index contributed by atoms with van der Waals surface area (Å²) >= 11 is 1.82. The highest BCUT2D eigenvalue weighted by Crippen LogP contribution is 2.35. The molecule has 5 nitrogen and oxygen atoms in total. The largest absolute Gasteiger partial charge is 0.494 e. The van der Waals surface area contributed by atoms with Gasteiger partial charge in [0, 0.05) is 16.2 Å². The van der Waals surface area contributed by atoms with Crippen LogP contribution in [0, 0.1) is 5.92 Å². The Labute approximate surface area is 176 Å². The zero-order valence-corrected chi connectivity index (χ0v) is 17.9. The highest BCUT2D eigenvalue weighted by molar-refractivity contribution is 7.99. The number of nitrogens with one attached hydrogen (secondary N) is 2. The Morgan fingerprint density at radius 1 is 1.14 bits per heavy atom. The van der Waals surface area contributed by atoms with Crippen molar-refractivity contribution in [1.82, 2.24) is 10.6 Å². The fourth-order valence-electron chi connectivity index (χ4n) is 3.38. The van der Waals surface area contributed by atoms with Crippen LogP contribution in [0.15, 0.2) is 53.4 Å². The van der Waals surface area contributed by atoms with E-state index in [0.29, 0.717) is 12.2 Å². The van der Waals surface area contributed by atoms with Gasteiger partial charge in [-0.25, -0.2) is 0 Å². The molecule has 2 aromatic carbocycles. The van der Waals surface area contributed by atoms with Gasteiger partial charge in [-0.3, -0.25) is 9.59 Å². The summed E-state index contributed by atoms with van der Waals surface area (Å²) in [6, 6.07) is 14.5. The highest BCUT2D eigenvalue weighted by atomic mass is 32.2. The van der Waals surface area contributed by atoms with Crippen LogP contribution in [-0.2, 0) is 4.79 Å². The minimum absolute atomic E-state index is 0.0245. The number of hydrogen-bond acceptors (Lipinski definition) is 4. The van der Waals surface area contributed by atoms with Crippen LogP contribution in [0.4, 0.5) is 0 Å². The van der Waals surface area contributed by atoms with E-state index in [2.05, 4.69) is 22.8 Å². The number of carbonyl (C=O) groups excluding carboxylic acids is 2. The van der Waals surface area contributed by atoms with E-state index in [9.17, 15) is 9.59 Å². The lowest BCUT2D eigenvalue weighted by atomic mass is 9.99. The van der Waals surface area contributed by atoms with Gasteiger partial charge < -0.3 is 15.4 Å². The summed E-state index contributed by atoms with van der Waals surface area (Å²) in [7, 11) is 0. The Kier molecular flexibility index (Phi) is 7.20. The topological polar surface area (TPSA) is 67.4 Å². The van der Waals surface area contributed by atoms with Crippen molar-refractivity contribution in [3.8, 4) is 5.75 Å². The Balaban J connectivity index is 1.68. The molecule has 2 atom stereocenters. The molecular formula is C23H28N2O3S. The first-order valence-corrected chi connectivity index (χ1v) is 11.0. The Morgan fingerprint density at radius 2 is 1.86 bits per heavy atom. The molecule has 0 unspecified atom stereocenters. The first-order valence-electron chi connectivity index (χ1n) is 10.1. The number of thioether (sulfide) groups is 1. The first-order chi connectivity index (χ1) is 14.0. The van der Waals surface area contributed by atoms with Crippen LogP contribution in [-0.4, -0.2) is 30.2 Å². The van der Waals surface area contributed by atoms with E-state index in [1.165, 1.54) is 4.90 Å². The van der Waals surface area contributed by atoms with E-state index in [1.807, 2.05) is 44.7 Å². The van der Waals surface area contributed by atoms with Gasteiger partial charge in [0.05, 0.1) is 12.6 Å². The fraction of sp³-hybridized carbons (Fsp3) is 0.391. The van der Waals surface area contributed by atoms with Gasteiger partial charge >= 0.3 is 0 Å². The lowest BCUT2D eigenvalue weighted by molar-refractivity contribution is -0.124. The van der Waals surface area contributed by atoms with Crippen LogP contribution in [0.1, 0.15) is 49.2 Å². The second-order valence-corrected chi connectivity index (χ2v) is 8.53. The van der Waals surface area contributed by atoms with Crippen molar-refractivity contribution in [2.45, 2.75) is 44.2 Å². The molecule has 1 aliphatic rings. The predicted octanol–water partition coefficient (Wildman–Crippen LogP) is 4.19. The average molecular weight is 413 g/mol. The van der Waals surface area contributed by atoms with E-state index < -0.39 is 6.04 Å². The lowest BCUT2D eigenvalue weighted by Gasteiger charge is -2.29. The summed E-state index contributed by atoms with van der Waals surface area (Å²) in [6.45, 7) is 6.36. The summed E-state index contributed by atoms with van der Waals surface area (Å²) in [5.41, 5.74) is 1.66. The van der Waals surface area contributed by atoms with E-state index in [0.717, 1.165) is 23.5 Å². The molecule has 0 aromatic heterocycles. The summed E-state index contributed by atoms with van der Waals surface area (Å²) < 4.78 is 5.41. The minimum atomic E-state index is -0.601. The van der Waals surface area contributed by atoms with E-state index >= 15 is 0 Å². The van der Waals surface area contributed by atoms with Crippen molar-refractivity contribution in [2.24, 2.45) is 5.92 Å². The maximum atomic E-state index is 13.0. The molecule has 0 fully saturated rings. The Morgan fingerprint density at radius 3 is 2.55 bits per heavy atom. The number of carbonyl (C=O) groups is 2. The molecule has 0 aliphatic carbocycles. The SMILES string of the molecule is CCOc1ccc(C(=O)N[C@@H](C(=O)N[C@@H]2CCSc3ccccc32)C(C)C)cc1. The van der Waals surface area contributed by atoms with Crippen LogP contribution < -0.4 is 15.4 Å². The minimum Gasteiger partial charge on any atom is -0.494 e. The molecule has 1 aliphatic heterocycles. The molecular weight excluding hydrogens is 384 g/mol. The Hall–Kier alpha value is -2.47. The van der Waals surface area contributed by atoms with Crippen molar-refractivity contribution >= 4 is 23.6 Å². The van der Waals surface area contributed by atoms with Gasteiger partial charge in [0.15, 0.2) is 0 Å². The average Bonchev–Trinajstić information content (AvgIpc) is 2.72. The smallest absolute Gasteiger partial charge is 0.251 e. The molecule has 3 rings (SSSR count). The van der Waals surface area contributed by atoms with Crippen molar-refractivity contribution < 1.29 is 14.3 Å². The summed E-state index contributed by atoms with van der Waals surface area (Å²) in [5, 5.41) is 6.05. The molecule has 6 heteroatoms. The summed E-state index contributed by atoms with van der Waals surface area (Å²) in [6.07, 6.45) is 0.880. The lowest BCUT2D eigenvalue weighted by Crippen LogP contribution is -2.50. The van der Waals surface area contributed by atoms with Gasteiger partial charge in [-0.1, -0.05) is 32.0 Å². The molecule has 29 heavy (non-hydrogen) atoms. The molecule has 1 heterocycles. The normalized spacial score (nSPS) is 16.6. The van der Waals surface area contributed by atoms with Crippen molar-refractivity contribution in [3.05, 3.63) is 59.7 Å². The number of ether oxygens (including phenoxy) is 1. The monoisotopic (exact) mass is 412 g/mol. The molecule has 0 bridgehead atoms. The van der Waals surface area contributed by atoms with Crippen LogP contribution in [0.3, 0.4) is 0 Å². The molecule has 0 saturated heterocycles. The molecule has 0 radical (unpaired) electrons. The van der Waals surface area contributed by atoms with Crippen LogP contribution >= 0.6 is 11.8 Å². The van der Waals surface area contributed by atoms with Crippen LogP contribution in [0.25, 0.3) is 0 Å². The van der Waals surface area contributed by atoms with Gasteiger partial charge in [0.2, 0.25) is 5.91 Å². The summed E-state index contributed by atoms with van der Waals surface area (Å²) in [5.74, 6) is 1.24. The molecule has 0 saturated carbocycles. The zero-order chi connectivity index (χ0) is 20.8. The van der Waals surface area contributed by atoms with Gasteiger partial charge in [-0.05, 0) is 55.2 Å². The number of benzene rings is 2. The maximum Gasteiger partial charge on any atom is 0.251 e. The standard InChI is InChI=1S/C23H28N2O3S/c1-4-28-17-11-9-16(10-12-17)22(26)25-21(15(2)3)23(27)24-19-13-14-29-20-8-6-5-7-18(19)20/h5-12,15,19,21H,4,13-14H2,1-3H3,(H,24,27)(H,25,26)/t19-,21-/m1/s1. The highest BCUT2D eigenvalue weighted by Gasteiger charge is 2.29. The Bertz CT molecular complexity index is 851. The molecule has 2 N–H and O–H groups in total. The fourth-order valence-corrected chi connectivity index (χ4v) is 4.51. The van der Waals surface area contributed by atoms with Crippen molar-refractivity contribution in [1.29, 1.82) is 0 Å². The molecule has 2 amide bonds. The van der Waals surface area contributed by atoms with Gasteiger partial charge in [-0.2, -0.15) is 0 Å². The quantitative estimate of drug-likeness (QED) is 0.715. The van der Waals surface area contributed by atoms with Gasteiger partial charge in [0.25, 0.3) is 5.91 Å². The van der Waals surface area contributed by atoms with Crippen molar-refractivity contribution in [2.75, 3.05) is 12.4 Å².